The summed E-state index contributed by atoms with van der Waals surface area (Å²) in [5, 5.41) is 21.2. The third-order valence-corrected chi connectivity index (χ3v) is 4.25. The van der Waals surface area contributed by atoms with Gasteiger partial charge in [-0.3, -0.25) is 4.79 Å². The summed E-state index contributed by atoms with van der Waals surface area (Å²) in [5.41, 5.74) is 0.197. The summed E-state index contributed by atoms with van der Waals surface area (Å²) in [5.74, 6) is -0.761. The number of carbonyl (C=O) groups is 2. The summed E-state index contributed by atoms with van der Waals surface area (Å²) in [4.78, 5) is 23.2. The Hall–Kier alpha value is -2.04. The lowest BCUT2D eigenvalue weighted by molar-refractivity contribution is -0.117. The largest absolute Gasteiger partial charge is 0.507 e. The maximum atomic E-state index is 12.2. The number of rotatable bonds is 6. The van der Waals surface area contributed by atoms with Crippen molar-refractivity contribution in [2.75, 3.05) is 5.32 Å². The Kier molecular flexibility index (Phi) is 4.50. The predicted molar refractivity (Wildman–Crippen MR) is 79.4 cm³/mol. The second kappa shape index (κ2) is 6.16. The van der Waals surface area contributed by atoms with Gasteiger partial charge in [-0.2, -0.15) is 0 Å². The minimum atomic E-state index is -1.22. The van der Waals surface area contributed by atoms with Crippen LogP contribution in [-0.4, -0.2) is 22.1 Å². The van der Waals surface area contributed by atoms with Crippen molar-refractivity contribution in [2.45, 2.75) is 33.1 Å². The molecule has 0 bridgehead atoms. The van der Waals surface area contributed by atoms with Crippen molar-refractivity contribution in [1.82, 2.24) is 0 Å². The summed E-state index contributed by atoms with van der Waals surface area (Å²) in [6, 6.07) is 4.07. The smallest absolute Gasteiger partial charge is 0.339 e. The highest BCUT2D eigenvalue weighted by atomic mass is 16.4. The van der Waals surface area contributed by atoms with Crippen LogP contribution in [0.25, 0.3) is 0 Å². The number of unbranched alkanes of at least 4 members (excludes halogenated alkanes) is 1. The lowest BCUT2D eigenvalue weighted by Gasteiger charge is -2.07. The van der Waals surface area contributed by atoms with Gasteiger partial charge in [-0.1, -0.05) is 26.7 Å². The molecule has 0 spiro atoms. The van der Waals surface area contributed by atoms with Gasteiger partial charge in [0, 0.05) is 11.6 Å². The van der Waals surface area contributed by atoms with Crippen molar-refractivity contribution in [3.63, 3.8) is 0 Å². The van der Waals surface area contributed by atoms with E-state index in [1.807, 2.05) is 0 Å². The van der Waals surface area contributed by atoms with Crippen LogP contribution in [0.2, 0.25) is 0 Å². The number of aromatic hydroxyl groups is 1. The van der Waals surface area contributed by atoms with Gasteiger partial charge < -0.3 is 15.5 Å². The molecule has 2 rings (SSSR count). The fraction of sp³-hybridized carbons (Fsp3) is 0.500. The van der Waals surface area contributed by atoms with Crippen molar-refractivity contribution in [3.8, 4) is 5.75 Å². The Bertz CT molecular complexity index is 555. The van der Waals surface area contributed by atoms with E-state index in [0.717, 1.165) is 19.3 Å². The Morgan fingerprint density at radius 2 is 2.05 bits per heavy atom. The number of hydrogen-bond donors (Lipinski definition) is 3. The average molecular weight is 291 g/mol. The third kappa shape index (κ3) is 3.35. The highest BCUT2D eigenvalue weighted by molar-refractivity contribution is 5.97. The number of hydrogen-bond acceptors (Lipinski definition) is 3. The van der Waals surface area contributed by atoms with Gasteiger partial charge in [0.2, 0.25) is 5.91 Å². The second-order valence-corrected chi connectivity index (χ2v) is 5.72. The monoisotopic (exact) mass is 291 g/mol. The fourth-order valence-electron chi connectivity index (χ4n) is 2.87. The van der Waals surface area contributed by atoms with Gasteiger partial charge in [-0.15, -0.1) is 0 Å². The van der Waals surface area contributed by atoms with E-state index in [2.05, 4.69) is 19.2 Å². The Morgan fingerprint density at radius 3 is 2.67 bits per heavy atom. The molecule has 0 radical (unpaired) electrons. The number of carboxylic acid groups (broad SMARTS) is 1. The predicted octanol–water partition coefficient (Wildman–Crippen LogP) is 3.10. The van der Waals surface area contributed by atoms with Crippen LogP contribution in [0.5, 0.6) is 5.75 Å². The van der Waals surface area contributed by atoms with Crippen LogP contribution in [-0.2, 0) is 4.79 Å². The first kappa shape index (κ1) is 15.4. The molecule has 0 heterocycles. The molecule has 114 valence electrons. The van der Waals surface area contributed by atoms with Crippen LogP contribution in [0, 0.1) is 17.8 Å². The number of carbonyl (C=O) groups excluding carboxylic acids is 1. The van der Waals surface area contributed by atoms with E-state index in [-0.39, 0.29) is 23.1 Å². The molecule has 1 fully saturated rings. The van der Waals surface area contributed by atoms with Crippen molar-refractivity contribution in [1.29, 1.82) is 0 Å². The zero-order valence-corrected chi connectivity index (χ0v) is 12.3. The molecule has 3 unspecified atom stereocenters. The summed E-state index contributed by atoms with van der Waals surface area (Å²) in [6.45, 7) is 4.20. The molecule has 3 atom stereocenters. The first-order chi connectivity index (χ1) is 9.95. The first-order valence-electron chi connectivity index (χ1n) is 7.32. The zero-order chi connectivity index (χ0) is 15.6. The van der Waals surface area contributed by atoms with Crippen LogP contribution < -0.4 is 5.32 Å². The number of phenols is 1. The van der Waals surface area contributed by atoms with E-state index in [4.69, 9.17) is 5.11 Å². The summed E-state index contributed by atoms with van der Waals surface area (Å²) >= 11 is 0. The molecule has 1 amide bonds. The number of carboxylic acids is 1. The van der Waals surface area contributed by atoms with Crippen molar-refractivity contribution >= 4 is 17.6 Å². The molecule has 0 aliphatic heterocycles. The van der Waals surface area contributed by atoms with Crippen LogP contribution in [0.15, 0.2) is 18.2 Å². The molecule has 21 heavy (non-hydrogen) atoms. The molecular weight excluding hydrogens is 270 g/mol. The SMILES string of the molecule is CCCCC1C(C)C1C(=O)Nc1ccc(O)c(C(=O)O)c1. The van der Waals surface area contributed by atoms with Gasteiger partial charge in [-0.05, 0) is 36.5 Å². The highest BCUT2D eigenvalue weighted by Gasteiger charge is 2.50. The van der Waals surface area contributed by atoms with Crippen molar-refractivity contribution < 1.29 is 19.8 Å². The topological polar surface area (TPSA) is 86.6 Å². The van der Waals surface area contributed by atoms with Gasteiger partial charge in [0.05, 0.1) is 0 Å². The van der Waals surface area contributed by atoms with Crippen LogP contribution in [0.4, 0.5) is 5.69 Å². The van der Waals surface area contributed by atoms with E-state index in [0.29, 0.717) is 17.5 Å². The summed E-state index contributed by atoms with van der Waals surface area (Å²) in [6.07, 6.45) is 3.31. The summed E-state index contributed by atoms with van der Waals surface area (Å²) < 4.78 is 0. The van der Waals surface area contributed by atoms with E-state index in [9.17, 15) is 14.7 Å². The molecule has 1 aliphatic rings. The van der Waals surface area contributed by atoms with Crippen LogP contribution >= 0.6 is 0 Å². The van der Waals surface area contributed by atoms with Crippen molar-refractivity contribution in [2.24, 2.45) is 17.8 Å². The number of anilines is 1. The van der Waals surface area contributed by atoms with E-state index in [1.54, 1.807) is 0 Å². The van der Waals surface area contributed by atoms with E-state index >= 15 is 0 Å². The van der Waals surface area contributed by atoms with Gasteiger partial charge in [0.1, 0.15) is 11.3 Å². The molecule has 0 saturated heterocycles. The lowest BCUT2D eigenvalue weighted by Crippen LogP contribution is -2.16. The normalized spacial score (nSPS) is 23.6. The number of aromatic carboxylic acids is 1. The minimum absolute atomic E-state index is 0.0126. The lowest BCUT2D eigenvalue weighted by atomic mass is 10.1. The molecule has 1 aliphatic carbocycles. The molecule has 5 nitrogen and oxygen atoms in total. The fourth-order valence-corrected chi connectivity index (χ4v) is 2.87. The van der Waals surface area contributed by atoms with Crippen LogP contribution in [0.1, 0.15) is 43.5 Å². The van der Waals surface area contributed by atoms with Gasteiger partial charge in [0.15, 0.2) is 0 Å². The molecule has 1 aromatic rings. The Balaban J connectivity index is 2.01. The standard InChI is InChI=1S/C16H21NO4/c1-3-4-5-11-9(2)14(11)15(19)17-10-6-7-13(18)12(8-10)16(20)21/h6-9,11,14,18H,3-5H2,1-2H3,(H,17,19)(H,20,21). The maximum absolute atomic E-state index is 12.2. The van der Waals surface area contributed by atoms with E-state index < -0.39 is 5.97 Å². The van der Waals surface area contributed by atoms with Crippen molar-refractivity contribution in [3.05, 3.63) is 23.8 Å². The number of benzene rings is 1. The summed E-state index contributed by atoms with van der Waals surface area (Å²) in [7, 11) is 0. The molecule has 3 N–H and O–H groups in total. The highest BCUT2D eigenvalue weighted by Crippen LogP contribution is 2.49. The van der Waals surface area contributed by atoms with Gasteiger partial charge in [-0.25, -0.2) is 4.79 Å². The maximum Gasteiger partial charge on any atom is 0.339 e. The van der Waals surface area contributed by atoms with Gasteiger partial charge in [0.25, 0.3) is 0 Å². The molecule has 1 saturated carbocycles. The Morgan fingerprint density at radius 1 is 1.33 bits per heavy atom. The molecular formula is C16H21NO4. The molecule has 5 heteroatoms. The van der Waals surface area contributed by atoms with Crippen LogP contribution in [0.3, 0.4) is 0 Å². The minimum Gasteiger partial charge on any atom is -0.507 e. The Labute approximate surface area is 124 Å². The molecule has 1 aromatic carbocycles. The number of amides is 1. The zero-order valence-electron chi connectivity index (χ0n) is 12.3. The molecule has 0 aromatic heterocycles. The quantitative estimate of drug-likeness (QED) is 0.703. The van der Waals surface area contributed by atoms with E-state index in [1.165, 1.54) is 18.2 Å². The van der Waals surface area contributed by atoms with Gasteiger partial charge >= 0.3 is 5.97 Å². The number of nitrogens with one attached hydrogen (secondary N) is 1. The third-order valence-electron chi connectivity index (χ3n) is 4.25. The second-order valence-electron chi connectivity index (χ2n) is 5.72. The first-order valence-corrected chi connectivity index (χ1v) is 7.32. The average Bonchev–Trinajstić information content (AvgIpc) is 3.08.